The first-order valence-electron chi connectivity index (χ1n) is 7.21. The molecule has 1 aromatic carbocycles. The lowest BCUT2D eigenvalue weighted by Crippen LogP contribution is -2.21. The number of pyridine rings is 1. The topological polar surface area (TPSA) is 34.1 Å². The Labute approximate surface area is 120 Å². The molecule has 0 unspecified atom stereocenters. The number of hydrogen-bond donors (Lipinski definition) is 1. The van der Waals surface area contributed by atoms with E-state index < -0.39 is 0 Å². The monoisotopic (exact) mass is 268 g/mol. The van der Waals surface area contributed by atoms with Crippen molar-refractivity contribution in [3.63, 3.8) is 0 Å². The van der Waals surface area contributed by atoms with E-state index in [0.717, 1.165) is 31.7 Å². The third kappa shape index (κ3) is 2.99. The molecule has 1 aromatic heterocycles. The minimum atomic E-state index is 0.335. The normalized spacial score (nSPS) is 14.7. The first-order chi connectivity index (χ1) is 9.83. The highest BCUT2D eigenvalue weighted by atomic mass is 16.5. The summed E-state index contributed by atoms with van der Waals surface area (Å²) in [5, 5.41) is 3.54. The molecule has 0 saturated carbocycles. The van der Waals surface area contributed by atoms with Crippen molar-refractivity contribution in [2.24, 2.45) is 0 Å². The van der Waals surface area contributed by atoms with Crippen LogP contribution in [0.15, 0.2) is 42.7 Å². The number of nitrogens with zero attached hydrogens (tertiary/aromatic N) is 1. The maximum absolute atomic E-state index is 5.53. The van der Waals surface area contributed by atoms with Crippen molar-refractivity contribution in [1.82, 2.24) is 10.3 Å². The van der Waals surface area contributed by atoms with E-state index in [4.69, 9.17) is 4.74 Å². The van der Waals surface area contributed by atoms with E-state index in [2.05, 4.69) is 41.5 Å². The molecule has 0 bridgehead atoms. The Morgan fingerprint density at radius 3 is 3.15 bits per heavy atom. The van der Waals surface area contributed by atoms with Gasteiger partial charge in [0.1, 0.15) is 5.75 Å². The fraction of sp³-hybridized carbons (Fsp3) is 0.353. The fourth-order valence-electron chi connectivity index (χ4n) is 2.58. The second-order valence-corrected chi connectivity index (χ2v) is 5.25. The Bertz CT molecular complexity index is 568. The first kappa shape index (κ1) is 13.1. The zero-order valence-electron chi connectivity index (χ0n) is 11.8. The van der Waals surface area contributed by atoms with Crippen LogP contribution >= 0.6 is 0 Å². The van der Waals surface area contributed by atoms with Crippen LogP contribution in [-0.4, -0.2) is 18.1 Å². The molecule has 0 amide bonds. The maximum Gasteiger partial charge on any atom is 0.122 e. The van der Waals surface area contributed by atoms with Gasteiger partial charge in [0.2, 0.25) is 0 Å². The van der Waals surface area contributed by atoms with Crippen LogP contribution < -0.4 is 10.1 Å². The molecule has 1 aliphatic heterocycles. The average Bonchev–Trinajstić information content (AvgIpc) is 2.95. The fourth-order valence-corrected chi connectivity index (χ4v) is 2.58. The summed E-state index contributed by atoms with van der Waals surface area (Å²) in [6, 6.07) is 11.0. The lowest BCUT2D eigenvalue weighted by molar-refractivity contribution is 0.357. The molecule has 104 valence electrons. The summed E-state index contributed by atoms with van der Waals surface area (Å²) < 4.78 is 5.53. The van der Waals surface area contributed by atoms with E-state index in [1.807, 2.05) is 18.5 Å². The Kier molecular flexibility index (Phi) is 3.97. The van der Waals surface area contributed by atoms with Gasteiger partial charge < -0.3 is 10.1 Å². The summed E-state index contributed by atoms with van der Waals surface area (Å²) in [6.07, 6.45) is 5.81. The van der Waals surface area contributed by atoms with E-state index in [0.29, 0.717) is 6.04 Å². The number of nitrogens with one attached hydrogen (secondary N) is 1. The van der Waals surface area contributed by atoms with Crippen LogP contribution in [-0.2, 0) is 12.8 Å². The summed E-state index contributed by atoms with van der Waals surface area (Å²) in [7, 11) is 0. The van der Waals surface area contributed by atoms with E-state index in [9.17, 15) is 0 Å². The number of hydrogen-bond acceptors (Lipinski definition) is 3. The van der Waals surface area contributed by atoms with Crippen molar-refractivity contribution in [1.29, 1.82) is 0 Å². The molecule has 2 aromatic rings. The number of fused-ring (bicyclic) bond motifs is 1. The van der Waals surface area contributed by atoms with E-state index in [-0.39, 0.29) is 0 Å². The Morgan fingerprint density at radius 2 is 2.30 bits per heavy atom. The lowest BCUT2D eigenvalue weighted by Gasteiger charge is -2.13. The van der Waals surface area contributed by atoms with Crippen LogP contribution in [0.2, 0.25) is 0 Å². The van der Waals surface area contributed by atoms with Gasteiger partial charge in [0, 0.05) is 24.9 Å². The van der Waals surface area contributed by atoms with Gasteiger partial charge >= 0.3 is 0 Å². The predicted octanol–water partition coefficient (Wildman–Crippen LogP) is 2.91. The van der Waals surface area contributed by atoms with Gasteiger partial charge in [0.25, 0.3) is 0 Å². The summed E-state index contributed by atoms with van der Waals surface area (Å²) in [5.74, 6) is 1.06. The Hall–Kier alpha value is -1.87. The van der Waals surface area contributed by atoms with Crippen molar-refractivity contribution >= 4 is 0 Å². The number of ether oxygens (including phenoxy) is 1. The molecule has 0 radical (unpaired) electrons. The van der Waals surface area contributed by atoms with Gasteiger partial charge in [-0.05, 0) is 48.7 Å². The highest BCUT2D eigenvalue weighted by Gasteiger charge is 2.12. The minimum absolute atomic E-state index is 0.335. The lowest BCUT2D eigenvalue weighted by atomic mass is 10.1. The molecule has 2 heterocycles. The first-order valence-corrected chi connectivity index (χ1v) is 7.21. The van der Waals surface area contributed by atoms with Crippen molar-refractivity contribution < 1.29 is 4.74 Å². The molecule has 3 heteroatoms. The zero-order valence-corrected chi connectivity index (χ0v) is 11.8. The molecular weight excluding hydrogens is 248 g/mol. The van der Waals surface area contributed by atoms with E-state index in [1.54, 1.807) is 0 Å². The van der Waals surface area contributed by atoms with Crippen molar-refractivity contribution in [2.75, 3.05) is 13.2 Å². The van der Waals surface area contributed by atoms with Crippen LogP contribution in [0.5, 0.6) is 5.75 Å². The molecule has 0 saturated heterocycles. The smallest absolute Gasteiger partial charge is 0.122 e. The van der Waals surface area contributed by atoms with Crippen molar-refractivity contribution in [3.8, 4) is 5.75 Å². The average molecular weight is 268 g/mol. The SMILES string of the molecule is C[C@@H](NCCc1ccc2c(c1)CCO2)c1cccnc1. The van der Waals surface area contributed by atoms with Gasteiger partial charge in [-0.1, -0.05) is 18.2 Å². The molecule has 3 nitrogen and oxygen atoms in total. The van der Waals surface area contributed by atoms with Crippen LogP contribution in [0.4, 0.5) is 0 Å². The third-order valence-electron chi connectivity index (χ3n) is 3.80. The number of aromatic nitrogens is 1. The summed E-state index contributed by atoms with van der Waals surface area (Å²) in [4.78, 5) is 4.16. The van der Waals surface area contributed by atoms with Crippen LogP contribution in [0, 0.1) is 0 Å². The highest BCUT2D eigenvalue weighted by molar-refractivity contribution is 5.39. The van der Waals surface area contributed by atoms with Crippen molar-refractivity contribution in [2.45, 2.75) is 25.8 Å². The van der Waals surface area contributed by atoms with Gasteiger partial charge in [0.05, 0.1) is 6.61 Å². The Morgan fingerprint density at radius 1 is 1.35 bits per heavy atom. The zero-order chi connectivity index (χ0) is 13.8. The molecule has 0 fully saturated rings. The van der Waals surface area contributed by atoms with Gasteiger partial charge in [-0.3, -0.25) is 4.98 Å². The molecule has 1 N–H and O–H groups in total. The summed E-state index contributed by atoms with van der Waals surface area (Å²) >= 11 is 0. The molecule has 0 aliphatic carbocycles. The third-order valence-corrected chi connectivity index (χ3v) is 3.80. The quantitative estimate of drug-likeness (QED) is 0.905. The highest BCUT2D eigenvalue weighted by Crippen LogP contribution is 2.25. The largest absolute Gasteiger partial charge is 0.493 e. The van der Waals surface area contributed by atoms with Crippen LogP contribution in [0.3, 0.4) is 0 Å². The standard InChI is InChI=1S/C17H20N2O/c1-13(16-3-2-8-18-12-16)19-9-6-14-4-5-17-15(11-14)7-10-20-17/h2-5,8,11-13,19H,6-7,9-10H2,1H3/t13-/m1/s1. The molecular formula is C17H20N2O. The van der Waals surface area contributed by atoms with Gasteiger partial charge in [-0.15, -0.1) is 0 Å². The molecule has 3 rings (SSSR count). The summed E-state index contributed by atoms with van der Waals surface area (Å²) in [5.41, 5.74) is 3.96. The number of rotatable bonds is 5. The summed E-state index contributed by atoms with van der Waals surface area (Å²) in [6.45, 7) is 3.97. The maximum atomic E-state index is 5.53. The van der Waals surface area contributed by atoms with E-state index >= 15 is 0 Å². The van der Waals surface area contributed by atoms with Crippen molar-refractivity contribution in [3.05, 3.63) is 59.4 Å². The van der Waals surface area contributed by atoms with Gasteiger partial charge in [-0.25, -0.2) is 0 Å². The molecule has 0 spiro atoms. The minimum Gasteiger partial charge on any atom is -0.493 e. The molecule has 1 atom stereocenters. The molecule has 20 heavy (non-hydrogen) atoms. The van der Waals surface area contributed by atoms with E-state index in [1.165, 1.54) is 16.7 Å². The second-order valence-electron chi connectivity index (χ2n) is 5.25. The second kappa shape index (κ2) is 6.06. The van der Waals surface area contributed by atoms with Gasteiger partial charge in [-0.2, -0.15) is 0 Å². The number of benzene rings is 1. The Balaban J connectivity index is 1.53. The van der Waals surface area contributed by atoms with Gasteiger partial charge in [0.15, 0.2) is 0 Å². The predicted molar refractivity (Wildman–Crippen MR) is 80.0 cm³/mol. The molecule has 1 aliphatic rings. The van der Waals surface area contributed by atoms with Crippen LogP contribution in [0.25, 0.3) is 0 Å². The van der Waals surface area contributed by atoms with Crippen LogP contribution in [0.1, 0.15) is 29.7 Å².